The van der Waals surface area contributed by atoms with Gasteiger partial charge in [-0.3, -0.25) is 9.80 Å². The number of hydrogen-bond donors (Lipinski definition) is 2. The summed E-state index contributed by atoms with van der Waals surface area (Å²) in [7, 11) is 0. The van der Waals surface area contributed by atoms with Gasteiger partial charge in [0.1, 0.15) is 5.69 Å². The minimum Gasteiger partial charge on any atom is -0.477 e. The third-order valence-electron chi connectivity index (χ3n) is 6.37. The van der Waals surface area contributed by atoms with Crippen LogP contribution < -0.4 is 0 Å². The summed E-state index contributed by atoms with van der Waals surface area (Å²) < 4.78 is 0. The van der Waals surface area contributed by atoms with Crippen LogP contribution in [0.1, 0.15) is 46.9 Å². The molecule has 2 heterocycles. The Balaban J connectivity index is 1.47. The number of likely N-dealkylation sites (tertiary alicyclic amines) is 1. The van der Waals surface area contributed by atoms with Gasteiger partial charge in [-0.1, -0.05) is 49.4 Å². The van der Waals surface area contributed by atoms with Gasteiger partial charge in [-0.25, -0.2) is 4.79 Å². The van der Waals surface area contributed by atoms with E-state index in [1.807, 2.05) is 13.0 Å². The fourth-order valence-corrected chi connectivity index (χ4v) is 4.70. The SMILES string of the molecule is CCN(Cc1c(C(=O)O)[nH]c2cc(C)ccc12)C1CCN(Cc2ccccc2)CC1. The van der Waals surface area contributed by atoms with Gasteiger partial charge in [-0.05, 0) is 56.6 Å². The van der Waals surface area contributed by atoms with Gasteiger partial charge in [0.05, 0.1) is 0 Å². The Morgan fingerprint density at radius 3 is 2.57 bits per heavy atom. The Kier molecular flexibility index (Phi) is 6.21. The van der Waals surface area contributed by atoms with Crippen LogP contribution in [0.15, 0.2) is 48.5 Å². The van der Waals surface area contributed by atoms with Crippen molar-refractivity contribution in [2.45, 2.75) is 45.8 Å². The van der Waals surface area contributed by atoms with Gasteiger partial charge in [0.15, 0.2) is 0 Å². The topological polar surface area (TPSA) is 59.6 Å². The molecule has 5 nitrogen and oxygen atoms in total. The summed E-state index contributed by atoms with van der Waals surface area (Å²) in [5.41, 5.74) is 4.65. The number of carboxylic acids is 1. The zero-order valence-electron chi connectivity index (χ0n) is 17.9. The number of benzene rings is 2. The lowest BCUT2D eigenvalue weighted by Gasteiger charge is -2.38. The molecule has 4 rings (SSSR count). The normalized spacial score (nSPS) is 15.8. The molecular formula is C25H31N3O2. The van der Waals surface area contributed by atoms with Gasteiger partial charge in [0.25, 0.3) is 0 Å². The average Bonchev–Trinajstić information content (AvgIpc) is 3.11. The Hall–Kier alpha value is -2.63. The fourth-order valence-electron chi connectivity index (χ4n) is 4.70. The molecule has 1 fully saturated rings. The second kappa shape index (κ2) is 9.02. The van der Waals surface area contributed by atoms with Crippen LogP contribution in [0.25, 0.3) is 10.9 Å². The first-order valence-electron chi connectivity index (χ1n) is 10.9. The molecule has 1 aromatic heterocycles. The summed E-state index contributed by atoms with van der Waals surface area (Å²) in [6.07, 6.45) is 2.23. The van der Waals surface area contributed by atoms with Crippen molar-refractivity contribution >= 4 is 16.9 Å². The Bertz CT molecular complexity index is 1000. The van der Waals surface area contributed by atoms with Gasteiger partial charge in [-0.2, -0.15) is 0 Å². The second-order valence-corrected chi connectivity index (χ2v) is 8.39. The molecule has 2 aromatic carbocycles. The van der Waals surface area contributed by atoms with E-state index in [0.717, 1.165) is 61.1 Å². The molecular weight excluding hydrogens is 374 g/mol. The van der Waals surface area contributed by atoms with Crippen molar-refractivity contribution in [3.8, 4) is 0 Å². The number of aromatic amines is 1. The lowest BCUT2D eigenvalue weighted by Crippen LogP contribution is -2.44. The smallest absolute Gasteiger partial charge is 0.352 e. The van der Waals surface area contributed by atoms with Crippen molar-refractivity contribution in [1.82, 2.24) is 14.8 Å². The maximum Gasteiger partial charge on any atom is 0.352 e. The van der Waals surface area contributed by atoms with E-state index in [-0.39, 0.29) is 0 Å². The molecule has 30 heavy (non-hydrogen) atoms. The summed E-state index contributed by atoms with van der Waals surface area (Å²) in [6.45, 7) is 8.96. The number of H-pyrrole nitrogens is 1. The fraction of sp³-hybridized carbons (Fsp3) is 0.400. The molecule has 0 bridgehead atoms. The van der Waals surface area contributed by atoms with Gasteiger partial charge in [0, 0.05) is 35.6 Å². The van der Waals surface area contributed by atoms with Crippen molar-refractivity contribution in [1.29, 1.82) is 0 Å². The summed E-state index contributed by atoms with van der Waals surface area (Å²) in [6, 6.07) is 17.3. The van der Waals surface area contributed by atoms with Crippen LogP contribution in [0.5, 0.6) is 0 Å². The Morgan fingerprint density at radius 2 is 1.90 bits per heavy atom. The number of rotatable bonds is 7. The molecule has 0 saturated carbocycles. The van der Waals surface area contributed by atoms with Crippen LogP contribution in [0.2, 0.25) is 0 Å². The molecule has 1 aliphatic rings. The molecule has 0 aliphatic carbocycles. The first-order valence-corrected chi connectivity index (χ1v) is 10.9. The van der Waals surface area contributed by atoms with Crippen LogP contribution in [0, 0.1) is 6.92 Å². The minimum atomic E-state index is -0.882. The van der Waals surface area contributed by atoms with E-state index in [2.05, 4.69) is 64.2 Å². The van der Waals surface area contributed by atoms with Gasteiger partial charge in [0.2, 0.25) is 0 Å². The molecule has 158 valence electrons. The second-order valence-electron chi connectivity index (χ2n) is 8.39. The quantitative estimate of drug-likeness (QED) is 0.600. The number of nitrogens with zero attached hydrogens (tertiary/aromatic N) is 2. The molecule has 0 radical (unpaired) electrons. The van der Waals surface area contributed by atoms with E-state index in [1.54, 1.807) is 0 Å². The maximum atomic E-state index is 11.9. The molecule has 1 aliphatic heterocycles. The van der Waals surface area contributed by atoms with Crippen LogP contribution in [-0.4, -0.2) is 51.5 Å². The summed E-state index contributed by atoms with van der Waals surface area (Å²) >= 11 is 0. The number of hydrogen-bond acceptors (Lipinski definition) is 3. The summed E-state index contributed by atoms with van der Waals surface area (Å²) in [5, 5.41) is 10.8. The lowest BCUT2D eigenvalue weighted by molar-refractivity contribution is 0.0685. The first-order chi connectivity index (χ1) is 14.5. The zero-order chi connectivity index (χ0) is 21.1. The van der Waals surface area contributed by atoms with E-state index in [4.69, 9.17) is 0 Å². The maximum absolute atomic E-state index is 11.9. The molecule has 0 unspecified atom stereocenters. The monoisotopic (exact) mass is 405 g/mol. The molecule has 1 saturated heterocycles. The van der Waals surface area contributed by atoms with Crippen LogP contribution in [0.4, 0.5) is 0 Å². The van der Waals surface area contributed by atoms with Crippen LogP contribution in [0.3, 0.4) is 0 Å². The number of piperidine rings is 1. The molecule has 2 N–H and O–H groups in total. The zero-order valence-corrected chi connectivity index (χ0v) is 17.9. The number of nitrogens with one attached hydrogen (secondary N) is 1. The average molecular weight is 406 g/mol. The summed E-state index contributed by atoms with van der Waals surface area (Å²) in [4.78, 5) is 20.0. The molecule has 0 spiro atoms. The van der Waals surface area contributed by atoms with Crippen molar-refractivity contribution in [2.75, 3.05) is 19.6 Å². The van der Waals surface area contributed by atoms with Gasteiger partial charge < -0.3 is 10.1 Å². The molecule has 0 amide bonds. The van der Waals surface area contributed by atoms with Crippen molar-refractivity contribution in [3.05, 3.63) is 70.9 Å². The predicted molar refractivity (Wildman–Crippen MR) is 121 cm³/mol. The van der Waals surface area contributed by atoms with Gasteiger partial charge in [-0.15, -0.1) is 0 Å². The minimum absolute atomic E-state index is 0.329. The molecule has 3 aromatic rings. The van der Waals surface area contributed by atoms with E-state index in [1.165, 1.54) is 5.56 Å². The number of aromatic nitrogens is 1. The highest BCUT2D eigenvalue weighted by Gasteiger charge is 2.26. The molecule has 0 atom stereocenters. The van der Waals surface area contributed by atoms with E-state index in [0.29, 0.717) is 18.3 Å². The number of aryl methyl sites for hydroxylation is 1. The van der Waals surface area contributed by atoms with E-state index >= 15 is 0 Å². The van der Waals surface area contributed by atoms with E-state index < -0.39 is 5.97 Å². The number of carboxylic acid groups (broad SMARTS) is 1. The lowest BCUT2D eigenvalue weighted by atomic mass is 10.0. The highest BCUT2D eigenvalue weighted by Crippen LogP contribution is 2.27. The predicted octanol–water partition coefficient (Wildman–Crippen LogP) is 4.66. The van der Waals surface area contributed by atoms with Crippen LogP contribution >= 0.6 is 0 Å². The number of fused-ring (bicyclic) bond motifs is 1. The first kappa shape index (κ1) is 20.6. The third-order valence-corrected chi connectivity index (χ3v) is 6.37. The standard InChI is InChI=1S/C25H31N3O2/c1-3-28(20-11-13-27(14-12-20)16-19-7-5-4-6-8-19)17-22-21-10-9-18(2)15-23(21)26-24(22)25(29)30/h4-10,15,20,26H,3,11-14,16-17H2,1-2H3,(H,29,30). The number of carbonyl (C=O) groups is 1. The highest BCUT2D eigenvalue weighted by molar-refractivity contribution is 5.97. The van der Waals surface area contributed by atoms with Gasteiger partial charge >= 0.3 is 5.97 Å². The summed E-state index contributed by atoms with van der Waals surface area (Å²) in [5.74, 6) is -0.882. The van der Waals surface area contributed by atoms with Crippen molar-refractivity contribution in [3.63, 3.8) is 0 Å². The third kappa shape index (κ3) is 4.42. The van der Waals surface area contributed by atoms with Crippen molar-refractivity contribution < 1.29 is 9.90 Å². The van der Waals surface area contributed by atoms with E-state index in [9.17, 15) is 9.90 Å². The molecule has 5 heteroatoms. The largest absolute Gasteiger partial charge is 0.477 e. The Labute approximate surface area is 178 Å². The Morgan fingerprint density at radius 1 is 1.17 bits per heavy atom. The highest BCUT2D eigenvalue weighted by atomic mass is 16.4. The van der Waals surface area contributed by atoms with Crippen molar-refractivity contribution in [2.24, 2.45) is 0 Å². The van der Waals surface area contributed by atoms with Crippen LogP contribution in [-0.2, 0) is 13.1 Å². The number of aromatic carboxylic acids is 1.